The molecule has 1 aromatic carbocycles. The van der Waals surface area contributed by atoms with Gasteiger partial charge in [-0.1, -0.05) is 34.8 Å². The highest BCUT2D eigenvalue weighted by molar-refractivity contribution is 6.42. The summed E-state index contributed by atoms with van der Waals surface area (Å²) in [7, 11) is 1.65. The zero-order valence-corrected chi connectivity index (χ0v) is 16.0. The smallest absolute Gasteiger partial charge is 0.208 e. The van der Waals surface area contributed by atoms with E-state index in [-0.39, 0.29) is 0 Å². The van der Waals surface area contributed by atoms with Crippen molar-refractivity contribution >= 4 is 68.5 Å². The molecule has 0 spiro atoms. The number of benzene rings is 1. The zero-order chi connectivity index (χ0) is 18.3. The van der Waals surface area contributed by atoms with Crippen LogP contribution in [0.25, 0.3) is 22.1 Å². The predicted octanol–water partition coefficient (Wildman–Crippen LogP) is 5.26. The van der Waals surface area contributed by atoms with E-state index < -0.39 is 0 Å². The molecule has 3 aromatic heterocycles. The monoisotopic (exact) mass is 409 g/mol. The predicted molar refractivity (Wildman–Crippen MR) is 106 cm³/mol. The first-order valence-corrected chi connectivity index (χ1v) is 8.95. The summed E-state index contributed by atoms with van der Waals surface area (Å²) in [6, 6.07) is 7.17. The van der Waals surface area contributed by atoms with E-state index in [1.165, 1.54) is 0 Å². The molecule has 6 nitrogen and oxygen atoms in total. The molecule has 2 N–H and O–H groups in total. The Hall–Kier alpha value is -1.99. The average Bonchev–Trinajstić information content (AvgIpc) is 3.15. The van der Waals surface area contributed by atoms with E-state index in [0.29, 0.717) is 34.3 Å². The summed E-state index contributed by atoms with van der Waals surface area (Å²) in [6.45, 7) is 1.13. The number of pyridine rings is 1. The Morgan fingerprint density at radius 2 is 1.96 bits per heavy atom. The number of halogens is 3. The number of fused-ring (bicyclic) bond motifs is 2. The lowest BCUT2D eigenvalue weighted by molar-refractivity contribution is 0.189. The van der Waals surface area contributed by atoms with Crippen molar-refractivity contribution in [2.75, 3.05) is 19.0 Å². The number of aromatic nitrogens is 4. The number of methoxy groups -OCH3 is 1. The fraction of sp³-hybridized carbons (Fsp3) is 0.176. The minimum Gasteiger partial charge on any atom is -0.383 e. The first-order valence-electron chi connectivity index (χ1n) is 7.81. The second-order valence-corrected chi connectivity index (χ2v) is 6.89. The van der Waals surface area contributed by atoms with E-state index in [1.807, 2.05) is 16.8 Å². The molecule has 0 aliphatic heterocycles. The first kappa shape index (κ1) is 17.4. The Kier molecular flexibility index (Phi) is 4.67. The fourth-order valence-corrected chi connectivity index (χ4v) is 3.28. The van der Waals surface area contributed by atoms with Crippen LogP contribution in [0.2, 0.25) is 15.2 Å². The molecule has 3 heterocycles. The maximum Gasteiger partial charge on any atom is 0.208 e. The van der Waals surface area contributed by atoms with E-state index in [9.17, 15) is 0 Å². The number of rotatable bonds is 5. The molecule has 0 amide bonds. The lowest BCUT2D eigenvalue weighted by Crippen LogP contribution is -2.08. The Morgan fingerprint density at radius 3 is 2.77 bits per heavy atom. The van der Waals surface area contributed by atoms with Crippen LogP contribution in [0.1, 0.15) is 0 Å². The number of anilines is 2. The van der Waals surface area contributed by atoms with Gasteiger partial charge in [0, 0.05) is 19.9 Å². The maximum atomic E-state index is 6.19. The van der Waals surface area contributed by atoms with Crippen molar-refractivity contribution in [3.05, 3.63) is 45.7 Å². The van der Waals surface area contributed by atoms with Crippen LogP contribution in [0.15, 0.2) is 30.5 Å². The third-order valence-corrected chi connectivity index (χ3v) is 4.98. The summed E-state index contributed by atoms with van der Waals surface area (Å²) in [5.41, 5.74) is 3.99. The standard InChI is InChI=1S/C17H14Cl3N5O/c1-26-5-4-25-14-7-10(19)9(18)6-12(14)22-17(25)23-13-8-21-11-2-3-15(20)24-16(11)13/h2-3,6-8,21H,4-5H2,1H3,(H,22,23). The number of hydrogen-bond acceptors (Lipinski definition) is 4. The van der Waals surface area contributed by atoms with Crippen molar-refractivity contribution in [2.24, 2.45) is 0 Å². The van der Waals surface area contributed by atoms with Gasteiger partial charge in [-0.2, -0.15) is 0 Å². The summed E-state index contributed by atoms with van der Waals surface area (Å²) < 4.78 is 7.21. The van der Waals surface area contributed by atoms with Crippen LogP contribution < -0.4 is 5.32 Å². The van der Waals surface area contributed by atoms with Gasteiger partial charge in [-0.3, -0.25) is 0 Å². The maximum absolute atomic E-state index is 6.19. The molecule has 4 rings (SSSR count). The van der Waals surface area contributed by atoms with E-state index in [1.54, 1.807) is 25.3 Å². The normalized spacial score (nSPS) is 11.5. The summed E-state index contributed by atoms with van der Waals surface area (Å²) in [5, 5.41) is 4.68. The highest BCUT2D eigenvalue weighted by atomic mass is 35.5. The van der Waals surface area contributed by atoms with E-state index in [2.05, 4.69) is 20.3 Å². The first-order chi connectivity index (χ1) is 12.6. The molecule has 0 saturated carbocycles. The molecule has 0 bridgehead atoms. The minimum atomic E-state index is 0.423. The largest absolute Gasteiger partial charge is 0.383 e. The summed E-state index contributed by atoms with van der Waals surface area (Å²) in [6.07, 6.45) is 1.83. The van der Waals surface area contributed by atoms with Gasteiger partial charge in [0.15, 0.2) is 0 Å². The second-order valence-electron chi connectivity index (χ2n) is 5.69. The number of imidazole rings is 1. The number of aromatic amines is 1. The van der Waals surface area contributed by atoms with Gasteiger partial charge < -0.3 is 19.6 Å². The van der Waals surface area contributed by atoms with Gasteiger partial charge in [-0.05, 0) is 24.3 Å². The Bertz CT molecular complexity index is 1100. The van der Waals surface area contributed by atoms with Crippen LogP contribution in [0.5, 0.6) is 0 Å². The van der Waals surface area contributed by atoms with Gasteiger partial charge in [0.25, 0.3) is 0 Å². The number of hydrogen-bond donors (Lipinski definition) is 2. The molecule has 4 aromatic rings. The average molecular weight is 411 g/mol. The van der Waals surface area contributed by atoms with E-state index >= 15 is 0 Å². The number of H-pyrrole nitrogens is 1. The molecule has 9 heteroatoms. The van der Waals surface area contributed by atoms with E-state index in [4.69, 9.17) is 39.5 Å². The molecular formula is C17H14Cl3N5O. The van der Waals surface area contributed by atoms with Crippen molar-refractivity contribution in [3.8, 4) is 0 Å². The highest BCUT2D eigenvalue weighted by Crippen LogP contribution is 2.32. The summed E-state index contributed by atoms with van der Waals surface area (Å²) in [5.74, 6) is 0.637. The Morgan fingerprint density at radius 1 is 1.15 bits per heavy atom. The molecular weight excluding hydrogens is 397 g/mol. The fourth-order valence-electron chi connectivity index (χ4n) is 2.82. The van der Waals surface area contributed by atoms with Crippen molar-refractivity contribution in [1.29, 1.82) is 0 Å². The number of nitrogens with zero attached hydrogens (tertiary/aromatic N) is 3. The van der Waals surface area contributed by atoms with Crippen molar-refractivity contribution in [2.45, 2.75) is 6.54 Å². The molecule has 0 fully saturated rings. The molecule has 0 aliphatic rings. The third kappa shape index (κ3) is 3.10. The number of ether oxygens (including phenoxy) is 1. The highest BCUT2D eigenvalue weighted by Gasteiger charge is 2.15. The molecule has 0 aliphatic carbocycles. The van der Waals surface area contributed by atoms with E-state index in [0.717, 1.165) is 27.8 Å². The van der Waals surface area contributed by atoms with Crippen LogP contribution in [0.4, 0.5) is 11.6 Å². The van der Waals surface area contributed by atoms with Gasteiger partial charge in [0.05, 0.1) is 38.9 Å². The number of nitrogens with one attached hydrogen (secondary N) is 2. The van der Waals surface area contributed by atoms with Crippen LogP contribution in [0, 0.1) is 0 Å². The SMILES string of the molecule is COCCn1c(Nc2c[nH]c3ccc(Cl)nc23)nc2cc(Cl)c(Cl)cc21. The van der Waals surface area contributed by atoms with Crippen LogP contribution >= 0.6 is 34.8 Å². The second kappa shape index (κ2) is 6.96. The topological polar surface area (TPSA) is 67.8 Å². The quantitative estimate of drug-likeness (QED) is 0.440. The molecule has 134 valence electrons. The van der Waals surface area contributed by atoms with Crippen LogP contribution in [-0.2, 0) is 11.3 Å². The zero-order valence-electron chi connectivity index (χ0n) is 13.7. The Labute approximate surface area is 164 Å². The van der Waals surface area contributed by atoms with Crippen LogP contribution in [0.3, 0.4) is 0 Å². The van der Waals surface area contributed by atoms with Gasteiger partial charge in [-0.25, -0.2) is 9.97 Å². The molecule has 26 heavy (non-hydrogen) atoms. The van der Waals surface area contributed by atoms with Gasteiger partial charge in [0.2, 0.25) is 5.95 Å². The third-order valence-electron chi connectivity index (χ3n) is 4.04. The van der Waals surface area contributed by atoms with Gasteiger partial charge in [-0.15, -0.1) is 0 Å². The molecule has 0 saturated heterocycles. The van der Waals surface area contributed by atoms with Crippen LogP contribution in [-0.4, -0.2) is 33.2 Å². The summed E-state index contributed by atoms with van der Waals surface area (Å²) in [4.78, 5) is 12.2. The summed E-state index contributed by atoms with van der Waals surface area (Å²) >= 11 is 18.4. The van der Waals surface area contributed by atoms with Gasteiger partial charge >= 0.3 is 0 Å². The van der Waals surface area contributed by atoms with Crippen molar-refractivity contribution in [3.63, 3.8) is 0 Å². The Balaban J connectivity index is 1.82. The lowest BCUT2D eigenvalue weighted by Gasteiger charge is -2.10. The van der Waals surface area contributed by atoms with Gasteiger partial charge in [0.1, 0.15) is 10.7 Å². The molecule has 0 atom stereocenters. The van der Waals surface area contributed by atoms with Crippen molar-refractivity contribution < 1.29 is 4.74 Å². The molecule has 0 radical (unpaired) electrons. The lowest BCUT2D eigenvalue weighted by atomic mass is 10.3. The minimum absolute atomic E-state index is 0.423. The van der Waals surface area contributed by atoms with Crippen molar-refractivity contribution in [1.82, 2.24) is 19.5 Å². The molecule has 0 unspecified atom stereocenters.